The molecule has 0 heterocycles. The molecular formula is C20H12F2I3NO11S. The van der Waals surface area contributed by atoms with E-state index in [9.17, 15) is 41.7 Å². The van der Waals surface area contributed by atoms with Crippen LogP contribution in [0.4, 0.5) is 14.5 Å². The minimum Gasteiger partial charge on any atom is -0.452 e. The van der Waals surface area contributed by atoms with Crippen LogP contribution in [0.25, 0.3) is 0 Å². The second kappa shape index (κ2) is 12.9. The molecule has 18 heteroatoms. The third-order valence-electron chi connectivity index (χ3n) is 4.30. The smallest absolute Gasteiger partial charge is 0.405 e. The molecule has 2 aromatic carbocycles. The molecule has 0 fully saturated rings. The van der Waals surface area contributed by atoms with Gasteiger partial charge in [-0.1, -0.05) is 0 Å². The number of nitrogens with zero attached hydrogens (tertiary/aromatic N) is 1. The lowest BCUT2D eigenvalue weighted by Gasteiger charge is -2.19. The van der Waals surface area contributed by atoms with Gasteiger partial charge in [0, 0.05) is 22.8 Å². The summed E-state index contributed by atoms with van der Waals surface area (Å²) in [7, 11) is -5.87. The first-order valence-electron chi connectivity index (χ1n) is 9.53. The fourth-order valence-corrected chi connectivity index (χ4v) is 5.29. The molecule has 0 saturated heterocycles. The van der Waals surface area contributed by atoms with Crippen molar-refractivity contribution in [3.05, 3.63) is 74.6 Å². The lowest BCUT2D eigenvalue weighted by atomic mass is 10.2. The highest BCUT2D eigenvalue weighted by Gasteiger charge is 2.51. The topological polar surface area (TPSA) is 176 Å². The van der Waals surface area contributed by atoms with Gasteiger partial charge in [0.05, 0.1) is 22.1 Å². The Morgan fingerprint density at radius 1 is 1.13 bits per heavy atom. The number of nitro benzene ring substituents is 1. The van der Waals surface area contributed by atoms with Crippen LogP contribution in [-0.4, -0.2) is 47.2 Å². The van der Waals surface area contributed by atoms with Crippen LogP contribution in [-0.2, 0) is 24.4 Å². The lowest BCUT2D eigenvalue weighted by molar-refractivity contribution is -0.385. The Morgan fingerprint density at radius 2 is 1.76 bits per heavy atom. The fourth-order valence-electron chi connectivity index (χ4n) is 2.44. The summed E-state index contributed by atoms with van der Waals surface area (Å²) in [5.41, 5.74) is -0.868. The summed E-state index contributed by atoms with van der Waals surface area (Å²) in [6.07, 6.45) is -1.80. The van der Waals surface area contributed by atoms with Crippen molar-refractivity contribution in [2.75, 3.05) is 0 Å². The second-order valence-corrected chi connectivity index (χ2v) is 11.9. The number of benzene rings is 2. The van der Waals surface area contributed by atoms with E-state index in [0.29, 0.717) is 26.4 Å². The van der Waals surface area contributed by atoms with Gasteiger partial charge in [-0.2, -0.15) is 17.2 Å². The van der Waals surface area contributed by atoms with Crippen molar-refractivity contribution in [2.45, 2.75) is 18.3 Å². The molecule has 0 radical (unpaired) electrons. The van der Waals surface area contributed by atoms with E-state index in [4.69, 9.17) is 9.29 Å². The highest BCUT2D eigenvalue weighted by molar-refractivity contribution is 14.1. The van der Waals surface area contributed by atoms with Gasteiger partial charge in [0.1, 0.15) is 6.26 Å². The van der Waals surface area contributed by atoms with E-state index in [1.807, 2.05) is 67.8 Å². The molecule has 1 N–H and O–H groups in total. The fraction of sp³-hybridized carbons (Fsp3) is 0.150. The Bertz CT molecular complexity index is 1450. The third kappa shape index (κ3) is 7.98. The van der Waals surface area contributed by atoms with Crippen molar-refractivity contribution in [1.82, 2.24) is 0 Å². The van der Waals surface area contributed by atoms with Crippen LogP contribution in [0.2, 0.25) is 0 Å². The van der Waals surface area contributed by atoms with E-state index in [1.54, 1.807) is 6.07 Å². The van der Waals surface area contributed by atoms with E-state index in [0.717, 1.165) is 21.8 Å². The Kier molecular flexibility index (Phi) is 10.9. The average Bonchev–Trinajstić information content (AvgIpc) is 2.80. The van der Waals surface area contributed by atoms with Crippen LogP contribution in [0.3, 0.4) is 0 Å². The van der Waals surface area contributed by atoms with Gasteiger partial charge in [-0.15, -0.1) is 0 Å². The number of carbonyl (C=O) groups is 3. The second-order valence-electron chi connectivity index (χ2n) is 6.90. The molecule has 0 aliphatic heterocycles. The van der Waals surface area contributed by atoms with E-state index in [2.05, 4.69) is 9.47 Å². The molecule has 0 spiro atoms. The van der Waals surface area contributed by atoms with Crippen LogP contribution in [0.5, 0.6) is 5.75 Å². The standard InChI is InChI=1S/C20H12F2I3NO11S/c1-9(20(21,22)38(32,33)34)36-16(27)4-5-35-18(28)10-2-3-14(26(30)31)15(6-10)37-19(29)12-7-11(23)8-13(24)17(12)25/h2-9H,1H3,(H,32,33,34)/b5-4+. The van der Waals surface area contributed by atoms with Crippen LogP contribution < -0.4 is 4.74 Å². The number of halogens is 5. The van der Waals surface area contributed by atoms with Crippen LogP contribution in [0.1, 0.15) is 27.6 Å². The van der Waals surface area contributed by atoms with Gasteiger partial charge < -0.3 is 14.2 Å². The van der Waals surface area contributed by atoms with E-state index < -0.39 is 55.7 Å². The zero-order chi connectivity index (χ0) is 29.0. The molecule has 1 unspecified atom stereocenters. The first-order valence-corrected chi connectivity index (χ1v) is 14.2. The largest absolute Gasteiger partial charge is 0.452 e. The number of alkyl halides is 2. The summed E-state index contributed by atoms with van der Waals surface area (Å²) in [5, 5.41) is 6.59. The van der Waals surface area contributed by atoms with Crippen molar-refractivity contribution >= 4 is 101 Å². The molecular weight excluding hydrogens is 881 g/mol. The molecule has 204 valence electrons. The normalized spacial score (nSPS) is 12.6. The summed E-state index contributed by atoms with van der Waals surface area (Å²) in [6.45, 7) is 0.503. The summed E-state index contributed by atoms with van der Waals surface area (Å²) in [4.78, 5) is 47.2. The molecule has 0 aliphatic rings. The summed E-state index contributed by atoms with van der Waals surface area (Å²) < 4.78 is 72.7. The predicted molar refractivity (Wildman–Crippen MR) is 149 cm³/mol. The highest BCUT2D eigenvalue weighted by Crippen LogP contribution is 2.31. The lowest BCUT2D eigenvalue weighted by Crippen LogP contribution is -2.41. The van der Waals surface area contributed by atoms with Crippen molar-refractivity contribution < 1.29 is 55.3 Å². The minimum absolute atomic E-state index is 0.124. The molecule has 2 aromatic rings. The number of rotatable bonds is 9. The van der Waals surface area contributed by atoms with Gasteiger partial charge in [-0.05, 0) is 92.9 Å². The van der Waals surface area contributed by atoms with Crippen molar-refractivity contribution in [2.24, 2.45) is 0 Å². The minimum atomic E-state index is -5.87. The van der Waals surface area contributed by atoms with Gasteiger partial charge in [0.2, 0.25) is 5.75 Å². The SMILES string of the molecule is CC(OC(=O)/C=C/OC(=O)c1ccc([N+](=O)[O-])c(OC(=O)c2cc(I)cc(I)c2I)c1)C(F)(F)S(=O)(=O)O. The summed E-state index contributed by atoms with van der Waals surface area (Å²) in [5.74, 6) is -4.26. The maximum atomic E-state index is 13.4. The van der Waals surface area contributed by atoms with Gasteiger partial charge >= 0.3 is 39.0 Å². The van der Waals surface area contributed by atoms with Crippen molar-refractivity contribution in [1.29, 1.82) is 0 Å². The summed E-state index contributed by atoms with van der Waals surface area (Å²) in [6, 6.07) is 6.00. The molecule has 12 nitrogen and oxygen atoms in total. The van der Waals surface area contributed by atoms with Gasteiger partial charge in [-0.3, -0.25) is 14.7 Å². The van der Waals surface area contributed by atoms with E-state index in [1.165, 1.54) is 6.07 Å². The maximum absolute atomic E-state index is 13.4. The zero-order valence-corrected chi connectivity index (χ0v) is 25.7. The third-order valence-corrected chi connectivity index (χ3v) is 8.98. The highest BCUT2D eigenvalue weighted by atomic mass is 127. The van der Waals surface area contributed by atoms with E-state index >= 15 is 0 Å². The van der Waals surface area contributed by atoms with Crippen LogP contribution >= 0.6 is 67.8 Å². The number of hydrogen-bond acceptors (Lipinski definition) is 10. The van der Waals surface area contributed by atoms with Crippen molar-refractivity contribution in [3.8, 4) is 5.75 Å². The van der Waals surface area contributed by atoms with E-state index in [-0.39, 0.29) is 11.1 Å². The molecule has 0 bridgehead atoms. The number of carbonyl (C=O) groups excluding carboxylic acids is 3. The van der Waals surface area contributed by atoms with Crippen LogP contribution in [0.15, 0.2) is 42.7 Å². The predicted octanol–water partition coefficient (Wildman–Crippen LogP) is 4.71. The number of hydrogen-bond donors (Lipinski definition) is 1. The summed E-state index contributed by atoms with van der Waals surface area (Å²) >= 11 is 5.88. The molecule has 1 atom stereocenters. The zero-order valence-electron chi connectivity index (χ0n) is 18.4. The quantitative estimate of drug-likeness (QED) is 0.0425. The van der Waals surface area contributed by atoms with Crippen molar-refractivity contribution in [3.63, 3.8) is 0 Å². The monoisotopic (exact) mass is 893 g/mol. The number of ether oxygens (including phenoxy) is 3. The van der Waals surface area contributed by atoms with Gasteiger partial charge in [-0.25, -0.2) is 14.4 Å². The Hall–Kier alpha value is -2.05. The molecule has 38 heavy (non-hydrogen) atoms. The van der Waals surface area contributed by atoms with Gasteiger partial charge in [0.25, 0.3) is 0 Å². The Balaban J connectivity index is 2.19. The number of nitro groups is 1. The maximum Gasteiger partial charge on any atom is 0.405 e. The average molecular weight is 893 g/mol. The Morgan fingerprint density at radius 3 is 2.34 bits per heavy atom. The molecule has 0 aromatic heterocycles. The molecule has 0 amide bonds. The van der Waals surface area contributed by atoms with Gasteiger partial charge in [0.15, 0.2) is 6.10 Å². The molecule has 0 aliphatic carbocycles. The molecule has 0 saturated carbocycles. The Labute approximate surface area is 253 Å². The first-order chi connectivity index (χ1) is 17.5. The first kappa shape index (κ1) is 32.2. The molecule has 2 rings (SSSR count). The van der Waals surface area contributed by atoms with Crippen LogP contribution in [0, 0.1) is 20.8 Å². The number of esters is 3.